The molecule has 2 rings (SSSR count). The molecular weight excluding hydrogens is 330 g/mol. The van der Waals surface area contributed by atoms with Crippen molar-refractivity contribution in [3.63, 3.8) is 0 Å². The van der Waals surface area contributed by atoms with Crippen LogP contribution in [0.4, 0.5) is 0 Å². The highest BCUT2D eigenvalue weighted by atomic mass is 127. The van der Waals surface area contributed by atoms with E-state index in [1.54, 1.807) is 12.1 Å². The largest absolute Gasteiger partial charge is 0.390 e. The lowest BCUT2D eigenvalue weighted by Gasteiger charge is -2.04. The van der Waals surface area contributed by atoms with Crippen molar-refractivity contribution >= 4 is 39.8 Å². The van der Waals surface area contributed by atoms with Crippen molar-refractivity contribution in [2.45, 2.75) is 6.61 Å². The van der Waals surface area contributed by atoms with Gasteiger partial charge in [0.1, 0.15) is 9.22 Å². The Morgan fingerprint density at radius 2 is 2.27 bits per heavy atom. The minimum atomic E-state index is -0.243. The molecule has 0 aliphatic rings. The molecule has 78 valence electrons. The number of aromatic nitrogens is 2. The fourth-order valence-electron chi connectivity index (χ4n) is 1.24. The van der Waals surface area contributed by atoms with Crippen LogP contribution in [0.5, 0.6) is 0 Å². The molecule has 0 bridgehead atoms. The third-order valence-electron chi connectivity index (χ3n) is 1.95. The predicted molar refractivity (Wildman–Crippen MR) is 65.1 cm³/mol. The Morgan fingerprint density at radius 1 is 1.53 bits per heavy atom. The maximum absolute atomic E-state index is 11.8. The number of hydrogen-bond donors (Lipinski definition) is 1. The van der Waals surface area contributed by atoms with E-state index in [0.29, 0.717) is 19.9 Å². The second-order valence-electron chi connectivity index (χ2n) is 2.91. The Balaban J connectivity index is 2.91. The van der Waals surface area contributed by atoms with Crippen LogP contribution in [0.25, 0.3) is 5.65 Å². The molecule has 2 aromatic heterocycles. The molecule has 4 nitrogen and oxygen atoms in total. The summed E-state index contributed by atoms with van der Waals surface area (Å²) in [5.74, 6) is 0. The number of hydrogen-bond acceptors (Lipinski definition) is 3. The van der Waals surface area contributed by atoms with Crippen molar-refractivity contribution in [1.82, 2.24) is 9.38 Å². The van der Waals surface area contributed by atoms with Crippen molar-refractivity contribution < 1.29 is 5.11 Å². The Morgan fingerprint density at radius 3 is 2.93 bits per heavy atom. The molecule has 0 saturated heterocycles. The topological polar surface area (TPSA) is 54.6 Å². The summed E-state index contributed by atoms with van der Waals surface area (Å²) >= 11 is 7.64. The lowest BCUT2D eigenvalue weighted by atomic mass is 10.4. The second-order valence-corrected chi connectivity index (χ2v) is 4.43. The van der Waals surface area contributed by atoms with Crippen LogP contribution in [0.1, 0.15) is 5.69 Å². The van der Waals surface area contributed by atoms with Crippen molar-refractivity contribution in [2.75, 3.05) is 0 Å². The van der Waals surface area contributed by atoms with E-state index in [2.05, 4.69) is 4.98 Å². The average Bonchev–Trinajstić information content (AvgIpc) is 2.24. The fraction of sp³-hybridized carbons (Fsp3) is 0.111. The molecule has 0 amide bonds. The first-order valence-electron chi connectivity index (χ1n) is 4.10. The van der Waals surface area contributed by atoms with Crippen molar-refractivity contribution in [2.24, 2.45) is 0 Å². The predicted octanol–water partition coefficient (Wildman–Crippen LogP) is 1.44. The van der Waals surface area contributed by atoms with Gasteiger partial charge >= 0.3 is 0 Å². The standard InChI is InChI=1S/C9H6ClIN2O2/c10-5-1-2-7-12-6(4-14)8(11)9(15)13(7)3-5/h1-3,14H,4H2. The molecule has 0 unspecified atom stereocenters. The van der Waals surface area contributed by atoms with E-state index in [4.69, 9.17) is 16.7 Å². The molecule has 2 aromatic rings. The van der Waals surface area contributed by atoms with Crippen LogP contribution in [0.15, 0.2) is 23.1 Å². The molecule has 0 aliphatic carbocycles. The van der Waals surface area contributed by atoms with Gasteiger partial charge in [-0.15, -0.1) is 0 Å². The van der Waals surface area contributed by atoms with Gasteiger partial charge in [-0.3, -0.25) is 9.20 Å². The molecule has 0 atom stereocenters. The zero-order valence-electron chi connectivity index (χ0n) is 7.44. The number of pyridine rings is 1. The monoisotopic (exact) mass is 336 g/mol. The first-order chi connectivity index (χ1) is 7.13. The van der Waals surface area contributed by atoms with Crippen LogP contribution in [0.3, 0.4) is 0 Å². The summed E-state index contributed by atoms with van der Waals surface area (Å²) in [7, 11) is 0. The number of halogens is 2. The van der Waals surface area contributed by atoms with Crippen LogP contribution >= 0.6 is 34.2 Å². The maximum Gasteiger partial charge on any atom is 0.271 e. The molecule has 0 aliphatic heterocycles. The highest BCUT2D eigenvalue weighted by Crippen LogP contribution is 2.11. The van der Waals surface area contributed by atoms with Crippen LogP contribution < -0.4 is 5.56 Å². The second kappa shape index (κ2) is 4.07. The average molecular weight is 337 g/mol. The lowest BCUT2D eigenvalue weighted by Crippen LogP contribution is -2.20. The van der Waals surface area contributed by atoms with Gasteiger partial charge in [0.25, 0.3) is 5.56 Å². The van der Waals surface area contributed by atoms with E-state index < -0.39 is 0 Å². The van der Waals surface area contributed by atoms with Crippen LogP contribution in [0, 0.1) is 3.57 Å². The normalized spacial score (nSPS) is 10.9. The highest BCUT2D eigenvalue weighted by molar-refractivity contribution is 14.1. The van der Waals surface area contributed by atoms with Crippen molar-refractivity contribution in [3.05, 3.63) is 43.0 Å². The lowest BCUT2D eigenvalue weighted by molar-refractivity contribution is 0.276. The molecule has 0 aromatic carbocycles. The summed E-state index contributed by atoms with van der Waals surface area (Å²) in [4.78, 5) is 15.9. The van der Waals surface area contributed by atoms with E-state index in [9.17, 15) is 4.79 Å². The summed E-state index contributed by atoms with van der Waals surface area (Å²) in [5, 5.41) is 9.49. The first-order valence-corrected chi connectivity index (χ1v) is 5.56. The first kappa shape index (κ1) is 10.8. The molecular formula is C9H6ClIN2O2. The number of nitrogens with zero attached hydrogens (tertiary/aromatic N) is 2. The number of fused-ring (bicyclic) bond motifs is 1. The van der Waals surface area contributed by atoms with E-state index in [1.165, 1.54) is 10.6 Å². The molecule has 0 fully saturated rings. The third kappa shape index (κ3) is 1.86. The van der Waals surface area contributed by atoms with Gasteiger partial charge in [-0.05, 0) is 34.7 Å². The molecule has 0 saturated carbocycles. The van der Waals surface area contributed by atoms with Gasteiger partial charge in [-0.1, -0.05) is 11.6 Å². The number of aliphatic hydroxyl groups excluding tert-OH is 1. The Hall–Kier alpha value is -0.660. The van der Waals surface area contributed by atoms with E-state index >= 15 is 0 Å². The Bertz CT molecular complexity index is 582. The zero-order chi connectivity index (χ0) is 11.0. The van der Waals surface area contributed by atoms with E-state index in [-0.39, 0.29) is 12.2 Å². The zero-order valence-corrected chi connectivity index (χ0v) is 10.4. The highest BCUT2D eigenvalue weighted by Gasteiger charge is 2.08. The maximum atomic E-state index is 11.8. The van der Waals surface area contributed by atoms with Crippen molar-refractivity contribution in [3.8, 4) is 0 Å². The molecule has 0 radical (unpaired) electrons. The minimum Gasteiger partial charge on any atom is -0.390 e. The summed E-state index contributed by atoms with van der Waals surface area (Å²) < 4.78 is 1.78. The number of aliphatic hydroxyl groups is 1. The molecule has 1 N–H and O–H groups in total. The third-order valence-corrected chi connectivity index (χ3v) is 3.26. The number of rotatable bonds is 1. The van der Waals surface area contributed by atoms with Crippen LogP contribution in [-0.2, 0) is 6.61 Å². The van der Waals surface area contributed by atoms with Crippen molar-refractivity contribution in [1.29, 1.82) is 0 Å². The van der Waals surface area contributed by atoms with Gasteiger partial charge in [0.05, 0.1) is 17.3 Å². The van der Waals surface area contributed by atoms with Crippen LogP contribution in [0.2, 0.25) is 5.02 Å². The summed E-state index contributed by atoms with van der Waals surface area (Å²) in [6.07, 6.45) is 1.51. The van der Waals surface area contributed by atoms with Gasteiger partial charge in [0.2, 0.25) is 0 Å². The smallest absolute Gasteiger partial charge is 0.271 e. The Labute approximate surface area is 104 Å². The fourth-order valence-corrected chi connectivity index (χ4v) is 1.95. The summed E-state index contributed by atoms with van der Waals surface area (Å²) in [6.45, 7) is -0.243. The SMILES string of the molecule is O=c1c(I)c(CO)nc2ccc(Cl)cn12. The molecule has 0 spiro atoms. The quantitative estimate of drug-likeness (QED) is 0.802. The van der Waals surface area contributed by atoms with Gasteiger partial charge in [0.15, 0.2) is 0 Å². The molecule has 2 heterocycles. The summed E-state index contributed by atoms with van der Waals surface area (Å²) in [5.41, 5.74) is 0.656. The van der Waals surface area contributed by atoms with E-state index in [1.807, 2.05) is 22.6 Å². The molecule has 15 heavy (non-hydrogen) atoms. The Kier molecular flexibility index (Phi) is 2.94. The van der Waals surface area contributed by atoms with Gasteiger partial charge < -0.3 is 5.11 Å². The van der Waals surface area contributed by atoms with Crippen LogP contribution in [-0.4, -0.2) is 14.5 Å². The van der Waals surface area contributed by atoms with E-state index in [0.717, 1.165) is 0 Å². The summed E-state index contributed by atoms with van der Waals surface area (Å²) in [6, 6.07) is 3.29. The van der Waals surface area contributed by atoms with Gasteiger partial charge in [0, 0.05) is 6.20 Å². The van der Waals surface area contributed by atoms with Gasteiger partial charge in [-0.2, -0.15) is 0 Å². The van der Waals surface area contributed by atoms with Gasteiger partial charge in [-0.25, -0.2) is 4.98 Å². The molecule has 6 heteroatoms. The minimum absolute atomic E-state index is 0.216.